The van der Waals surface area contributed by atoms with Crippen molar-refractivity contribution < 1.29 is 19.0 Å². The predicted octanol–water partition coefficient (Wildman–Crippen LogP) is 3.00. The normalized spacial score (nSPS) is 16.5. The number of methoxy groups -OCH3 is 1. The molecule has 0 radical (unpaired) electrons. The molecule has 22 heavy (non-hydrogen) atoms. The van der Waals surface area contributed by atoms with E-state index in [2.05, 4.69) is 10.3 Å². The first kappa shape index (κ1) is 14.8. The number of aromatic nitrogens is 1. The summed E-state index contributed by atoms with van der Waals surface area (Å²) in [5, 5.41) is 2.93. The van der Waals surface area contributed by atoms with Crippen molar-refractivity contribution in [1.82, 2.24) is 4.98 Å². The van der Waals surface area contributed by atoms with Crippen molar-refractivity contribution in [3.8, 4) is 5.75 Å². The Kier molecular flexibility index (Phi) is 4.24. The van der Waals surface area contributed by atoms with Crippen molar-refractivity contribution in [2.45, 2.75) is 6.29 Å². The van der Waals surface area contributed by atoms with Crippen LogP contribution in [0.15, 0.2) is 36.5 Å². The monoisotopic (exact) mass is 320 g/mol. The van der Waals surface area contributed by atoms with Crippen LogP contribution in [0.3, 0.4) is 0 Å². The molecule has 1 aromatic carbocycles. The molecule has 0 fully saturated rings. The maximum atomic E-state index is 12.4. The van der Waals surface area contributed by atoms with E-state index in [1.54, 1.807) is 30.3 Å². The minimum Gasteiger partial charge on any atom is -0.467 e. The van der Waals surface area contributed by atoms with E-state index in [0.29, 0.717) is 17.0 Å². The predicted molar refractivity (Wildman–Crippen MR) is 80.0 cm³/mol. The Hall–Kier alpha value is -2.15. The van der Waals surface area contributed by atoms with E-state index in [1.807, 2.05) is 0 Å². The number of benzene rings is 1. The lowest BCUT2D eigenvalue weighted by Crippen LogP contribution is -2.22. The number of nitrogens with one attached hydrogen (secondary N) is 1. The summed E-state index contributed by atoms with van der Waals surface area (Å²) in [5.74, 6) is 0.236. The summed E-state index contributed by atoms with van der Waals surface area (Å²) in [7, 11) is 1.52. The zero-order valence-electron chi connectivity index (χ0n) is 11.7. The Balaban J connectivity index is 1.93. The van der Waals surface area contributed by atoms with Crippen LogP contribution in [0.5, 0.6) is 5.75 Å². The smallest absolute Gasteiger partial charge is 0.258 e. The van der Waals surface area contributed by atoms with Gasteiger partial charge in [-0.1, -0.05) is 17.7 Å². The van der Waals surface area contributed by atoms with Gasteiger partial charge in [-0.05, 0) is 24.3 Å². The molecule has 3 rings (SSSR count). The van der Waals surface area contributed by atoms with Crippen LogP contribution in [-0.2, 0) is 9.47 Å². The van der Waals surface area contributed by atoms with E-state index < -0.39 is 6.29 Å². The lowest BCUT2D eigenvalue weighted by Gasteiger charge is -2.27. The molecule has 2 aromatic rings. The van der Waals surface area contributed by atoms with Crippen molar-refractivity contribution >= 4 is 23.2 Å². The highest BCUT2D eigenvalue weighted by Gasteiger charge is 2.26. The fraction of sp³-hybridized carbons (Fsp3) is 0.200. The molecule has 1 atom stereocenters. The van der Waals surface area contributed by atoms with Gasteiger partial charge in [-0.25, -0.2) is 4.98 Å². The minimum absolute atomic E-state index is 0.0946. The summed E-state index contributed by atoms with van der Waals surface area (Å²) in [5.41, 5.74) is 1.45. The van der Waals surface area contributed by atoms with E-state index in [0.717, 1.165) is 0 Å². The van der Waals surface area contributed by atoms with Gasteiger partial charge < -0.3 is 19.5 Å². The first-order chi connectivity index (χ1) is 10.7. The highest BCUT2D eigenvalue weighted by molar-refractivity contribution is 6.33. The second-order valence-electron chi connectivity index (χ2n) is 4.51. The number of carbonyl (C=O) groups is 1. The number of hydrogen-bond donors (Lipinski definition) is 1. The largest absolute Gasteiger partial charge is 0.467 e. The molecule has 1 N–H and O–H groups in total. The number of fused-ring (bicyclic) bond motifs is 1. The molecule has 6 nitrogen and oxygen atoms in total. The van der Waals surface area contributed by atoms with Crippen LogP contribution >= 0.6 is 11.6 Å². The van der Waals surface area contributed by atoms with Gasteiger partial charge in [0, 0.05) is 13.3 Å². The number of amides is 1. The van der Waals surface area contributed by atoms with Crippen LogP contribution in [0.2, 0.25) is 5.15 Å². The number of nitrogens with zero attached hydrogens (tertiary/aromatic N) is 1. The third-order valence-electron chi connectivity index (χ3n) is 3.20. The molecular formula is C15H13ClN2O4. The Morgan fingerprint density at radius 3 is 3.05 bits per heavy atom. The maximum Gasteiger partial charge on any atom is 0.258 e. The Bertz CT molecular complexity index is 708. The average Bonchev–Trinajstić information content (AvgIpc) is 2.54. The molecule has 0 spiro atoms. The summed E-state index contributed by atoms with van der Waals surface area (Å²) in [6.45, 7) is 0.0946. The summed E-state index contributed by atoms with van der Waals surface area (Å²) >= 11 is 5.94. The molecule has 1 aliphatic rings. The molecule has 2 heterocycles. The Morgan fingerprint density at radius 1 is 1.41 bits per heavy atom. The molecule has 1 aliphatic heterocycles. The third kappa shape index (κ3) is 2.76. The van der Waals surface area contributed by atoms with E-state index in [-0.39, 0.29) is 23.4 Å². The van der Waals surface area contributed by atoms with Crippen LogP contribution < -0.4 is 10.1 Å². The van der Waals surface area contributed by atoms with E-state index >= 15 is 0 Å². The summed E-state index contributed by atoms with van der Waals surface area (Å²) in [6.07, 6.45) is 0.913. The molecule has 0 aliphatic carbocycles. The van der Waals surface area contributed by atoms with Gasteiger partial charge in [0.15, 0.2) is 13.1 Å². The Labute approximate surface area is 132 Å². The van der Waals surface area contributed by atoms with Gasteiger partial charge in [0.05, 0.1) is 16.8 Å². The molecular weight excluding hydrogens is 308 g/mol. The van der Waals surface area contributed by atoms with Gasteiger partial charge in [-0.15, -0.1) is 0 Å². The van der Waals surface area contributed by atoms with Crippen molar-refractivity contribution in [2.24, 2.45) is 0 Å². The van der Waals surface area contributed by atoms with Gasteiger partial charge >= 0.3 is 0 Å². The average molecular weight is 321 g/mol. The van der Waals surface area contributed by atoms with Gasteiger partial charge in [0.25, 0.3) is 5.91 Å². The quantitative estimate of drug-likeness (QED) is 0.880. The van der Waals surface area contributed by atoms with Crippen molar-refractivity contribution in [3.05, 3.63) is 52.8 Å². The molecule has 1 aromatic heterocycles. The van der Waals surface area contributed by atoms with E-state index in [4.69, 9.17) is 25.8 Å². The van der Waals surface area contributed by atoms with Crippen molar-refractivity contribution in [2.75, 3.05) is 19.2 Å². The number of anilines is 1. The first-order valence-corrected chi connectivity index (χ1v) is 6.90. The summed E-state index contributed by atoms with van der Waals surface area (Å²) < 4.78 is 16.1. The molecule has 1 unspecified atom stereocenters. The van der Waals surface area contributed by atoms with Crippen molar-refractivity contribution in [1.29, 1.82) is 0 Å². The zero-order valence-corrected chi connectivity index (χ0v) is 12.5. The highest BCUT2D eigenvalue weighted by Crippen LogP contribution is 2.38. The van der Waals surface area contributed by atoms with Crippen molar-refractivity contribution in [3.63, 3.8) is 0 Å². The summed E-state index contributed by atoms with van der Waals surface area (Å²) in [4.78, 5) is 16.2. The molecule has 7 heteroatoms. The topological polar surface area (TPSA) is 69.7 Å². The fourth-order valence-electron chi connectivity index (χ4n) is 2.20. The molecule has 0 saturated heterocycles. The summed E-state index contributed by atoms with van der Waals surface area (Å²) in [6, 6.07) is 8.55. The lowest BCUT2D eigenvalue weighted by molar-refractivity contribution is -0.180. The van der Waals surface area contributed by atoms with E-state index in [1.165, 1.54) is 13.3 Å². The zero-order chi connectivity index (χ0) is 15.5. The minimum atomic E-state index is -0.607. The highest BCUT2D eigenvalue weighted by atomic mass is 35.5. The number of hydrogen-bond acceptors (Lipinski definition) is 5. The molecule has 0 bridgehead atoms. The first-order valence-electron chi connectivity index (χ1n) is 6.52. The maximum absolute atomic E-state index is 12.4. The van der Waals surface area contributed by atoms with Crippen LogP contribution in [0.25, 0.3) is 0 Å². The van der Waals surface area contributed by atoms with Gasteiger partial charge in [0.1, 0.15) is 10.9 Å². The molecule has 0 saturated carbocycles. The number of halogens is 1. The standard InChI is InChI=1S/C15H13ClN2O4/c1-20-15-12-10(5-2-6-11(12)21-8-22-15)18-14(19)9-4-3-7-17-13(9)16/h2-7,15H,8H2,1H3,(H,18,19). The number of rotatable bonds is 3. The van der Waals surface area contributed by atoms with Gasteiger partial charge in [-0.2, -0.15) is 0 Å². The number of ether oxygens (including phenoxy) is 3. The van der Waals surface area contributed by atoms with E-state index in [9.17, 15) is 4.79 Å². The second kappa shape index (κ2) is 6.31. The van der Waals surface area contributed by atoms with Crippen LogP contribution in [0.4, 0.5) is 5.69 Å². The molecule has 114 valence electrons. The van der Waals surface area contributed by atoms with Gasteiger partial charge in [0.2, 0.25) is 0 Å². The van der Waals surface area contributed by atoms with Crippen LogP contribution in [0, 0.1) is 0 Å². The lowest BCUT2D eigenvalue weighted by atomic mass is 10.1. The number of pyridine rings is 1. The SMILES string of the molecule is COC1OCOc2cccc(NC(=O)c3cccnc3Cl)c21. The fourth-order valence-corrected chi connectivity index (χ4v) is 2.40. The second-order valence-corrected chi connectivity index (χ2v) is 4.87. The number of carbonyl (C=O) groups excluding carboxylic acids is 1. The Morgan fingerprint density at radius 2 is 2.27 bits per heavy atom. The van der Waals surface area contributed by atoms with Crippen LogP contribution in [-0.4, -0.2) is 24.8 Å². The third-order valence-corrected chi connectivity index (χ3v) is 3.50. The molecule has 1 amide bonds. The van der Waals surface area contributed by atoms with Crippen LogP contribution in [0.1, 0.15) is 22.2 Å². The van der Waals surface area contributed by atoms with Gasteiger partial charge in [-0.3, -0.25) is 4.79 Å².